The number of alkyl carbamates (subject to hydrolysis) is 1. The molecule has 0 saturated heterocycles. The van der Waals surface area contributed by atoms with Crippen LogP contribution in [0.5, 0.6) is 0 Å². The first kappa shape index (κ1) is 12.5. The number of rotatable bonds is 5. The van der Waals surface area contributed by atoms with Gasteiger partial charge in [0.05, 0.1) is 6.54 Å². The highest BCUT2D eigenvalue weighted by atomic mass is 16.5. The zero-order valence-electron chi connectivity index (χ0n) is 8.50. The van der Waals surface area contributed by atoms with Crippen molar-refractivity contribution in [3.8, 4) is 0 Å². The Balaban J connectivity index is 3.40. The molecule has 0 aliphatic carbocycles. The molecule has 5 nitrogen and oxygen atoms in total. The quantitative estimate of drug-likeness (QED) is 0.499. The zero-order valence-corrected chi connectivity index (χ0v) is 8.50. The first-order valence-corrected chi connectivity index (χ1v) is 4.39. The Morgan fingerprint density at radius 3 is 2.64 bits per heavy atom. The number of hydrogen-bond acceptors (Lipinski definition) is 3. The van der Waals surface area contributed by atoms with Gasteiger partial charge in [0.15, 0.2) is 0 Å². The van der Waals surface area contributed by atoms with E-state index in [0.29, 0.717) is 0 Å². The molecule has 0 aromatic rings. The van der Waals surface area contributed by atoms with Gasteiger partial charge in [-0.05, 0) is 19.9 Å². The highest BCUT2D eigenvalue weighted by Gasteiger charge is 2.02. The summed E-state index contributed by atoms with van der Waals surface area (Å²) < 4.78 is 4.75. The smallest absolute Gasteiger partial charge is 0.407 e. The van der Waals surface area contributed by atoms with Crippen LogP contribution in [-0.2, 0) is 9.53 Å². The largest absolute Gasteiger partial charge is 0.448 e. The van der Waals surface area contributed by atoms with Crippen molar-refractivity contribution >= 4 is 12.0 Å². The van der Waals surface area contributed by atoms with Gasteiger partial charge < -0.3 is 15.4 Å². The monoisotopic (exact) mass is 200 g/mol. The molecule has 0 aromatic carbocycles. The molecule has 0 spiro atoms. The fraction of sp³-hybridized carbons (Fsp3) is 0.556. The van der Waals surface area contributed by atoms with Crippen molar-refractivity contribution in [3.63, 3.8) is 0 Å². The van der Waals surface area contributed by atoms with Crippen LogP contribution in [0.2, 0.25) is 0 Å². The van der Waals surface area contributed by atoms with Crippen molar-refractivity contribution < 1.29 is 14.3 Å². The maximum absolute atomic E-state index is 10.9. The molecule has 0 aromatic heterocycles. The van der Waals surface area contributed by atoms with Gasteiger partial charge in [-0.3, -0.25) is 4.79 Å². The molecule has 0 aliphatic rings. The summed E-state index contributed by atoms with van der Waals surface area (Å²) in [5.74, 6) is -0.280. The van der Waals surface area contributed by atoms with Gasteiger partial charge in [0, 0.05) is 6.04 Å². The molecule has 0 unspecified atom stereocenters. The van der Waals surface area contributed by atoms with Gasteiger partial charge in [0.2, 0.25) is 5.91 Å². The number of hydrogen-bond donors (Lipinski definition) is 2. The van der Waals surface area contributed by atoms with E-state index in [2.05, 4.69) is 17.2 Å². The summed E-state index contributed by atoms with van der Waals surface area (Å²) in [6, 6.07) is 0.0465. The molecule has 0 heterocycles. The topological polar surface area (TPSA) is 67.4 Å². The number of nitrogens with one attached hydrogen (secondary N) is 2. The van der Waals surface area contributed by atoms with E-state index in [0.717, 1.165) is 6.08 Å². The normalized spacial score (nSPS) is 9.36. The van der Waals surface area contributed by atoms with Crippen molar-refractivity contribution in [3.05, 3.63) is 12.7 Å². The molecule has 5 heteroatoms. The SMILES string of the molecule is C=CC(=O)NCCOC(=O)NC(C)C. The molecule has 2 amide bonds. The molecular formula is C9H16N2O3. The molecule has 0 atom stereocenters. The second kappa shape index (κ2) is 6.94. The third-order valence-corrected chi connectivity index (χ3v) is 1.23. The van der Waals surface area contributed by atoms with Crippen molar-refractivity contribution in [2.75, 3.05) is 13.2 Å². The third-order valence-electron chi connectivity index (χ3n) is 1.23. The van der Waals surface area contributed by atoms with Gasteiger partial charge in [0.1, 0.15) is 6.61 Å². The van der Waals surface area contributed by atoms with Crippen LogP contribution in [0.25, 0.3) is 0 Å². The van der Waals surface area contributed by atoms with E-state index in [4.69, 9.17) is 4.74 Å². The predicted octanol–water partition coefficient (Wildman–Crippen LogP) is 0.423. The lowest BCUT2D eigenvalue weighted by Crippen LogP contribution is -2.33. The van der Waals surface area contributed by atoms with Crippen LogP contribution < -0.4 is 10.6 Å². The minimum absolute atomic E-state index is 0.0465. The average molecular weight is 200 g/mol. The molecular weight excluding hydrogens is 184 g/mol. The standard InChI is InChI=1S/C9H16N2O3/c1-4-8(12)10-5-6-14-9(13)11-7(2)3/h4,7H,1,5-6H2,2-3H3,(H,10,12)(H,11,13). The number of ether oxygens (including phenoxy) is 1. The van der Waals surface area contributed by atoms with E-state index >= 15 is 0 Å². The Labute approximate surface area is 83.5 Å². The predicted molar refractivity (Wildman–Crippen MR) is 52.8 cm³/mol. The molecule has 0 bridgehead atoms. The average Bonchev–Trinajstić information content (AvgIpc) is 2.10. The van der Waals surface area contributed by atoms with Crippen molar-refractivity contribution in [2.24, 2.45) is 0 Å². The van der Waals surface area contributed by atoms with Gasteiger partial charge in [-0.15, -0.1) is 0 Å². The van der Waals surface area contributed by atoms with Crippen LogP contribution in [-0.4, -0.2) is 31.2 Å². The van der Waals surface area contributed by atoms with Crippen LogP contribution in [0.3, 0.4) is 0 Å². The van der Waals surface area contributed by atoms with E-state index in [1.54, 1.807) is 0 Å². The molecule has 0 radical (unpaired) electrons. The minimum Gasteiger partial charge on any atom is -0.448 e. The zero-order chi connectivity index (χ0) is 11.0. The summed E-state index contributed by atoms with van der Waals surface area (Å²) in [4.78, 5) is 21.6. The van der Waals surface area contributed by atoms with Gasteiger partial charge in [-0.25, -0.2) is 4.79 Å². The maximum Gasteiger partial charge on any atom is 0.407 e. The van der Waals surface area contributed by atoms with E-state index in [9.17, 15) is 9.59 Å². The van der Waals surface area contributed by atoms with Crippen LogP contribution >= 0.6 is 0 Å². The fourth-order valence-electron chi connectivity index (χ4n) is 0.667. The van der Waals surface area contributed by atoms with E-state index in [1.165, 1.54) is 0 Å². The van der Waals surface area contributed by atoms with Crippen LogP contribution in [0.4, 0.5) is 4.79 Å². The lowest BCUT2D eigenvalue weighted by atomic mass is 10.4. The molecule has 80 valence electrons. The highest BCUT2D eigenvalue weighted by molar-refractivity contribution is 5.86. The van der Waals surface area contributed by atoms with E-state index in [1.807, 2.05) is 13.8 Å². The maximum atomic E-state index is 10.9. The second-order valence-corrected chi connectivity index (χ2v) is 2.93. The Morgan fingerprint density at radius 2 is 2.14 bits per heavy atom. The lowest BCUT2D eigenvalue weighted by molar-refractivity contribution is -0.116. The van der Waals surface area contributed by atoms with Gasteiger partial charge >= 0.3 is 6.09 Å². The van der Waals surface area contributed by atoms with Crippen molar-refractivity contribution in [1.29, 1.82) is 0 Å². The third kappa shape index (κ3) is 7.15. The summed E-state index contributed by atoms with van der Waals surface area (Å²) in [5.41, 5.74) is 0. The van der Waals surface area contributed by atoms with Crippen molar-refractivity contribution in [1.82, 2.24) is 10.6 Å². The number of carbonyl (C=O) groups excluding carboxylic acids is 2. The first-order chi connectivity index (χ1) is 6.56. The Hall–Kier alpha value is -1.52. The molecule has 2 N–H and O–H groups in total. The fourth-order valence-corrected chi connectivity index (χ4v) is 0.667. The van der Waals surface area contributed by atoms with Gasteiger partial charge in [-0.1, -0.05) is 6.58 Å². The van der Waals surface area contributed by atoms with E-state index < -0.39 is 6.09 Å². The molecule has 0 saturated carbocycles. The van der Waals surface area contributed by atoms with Crippen LogP contribution in [0, 0.1) is 0 Å². The van der Waals surface area contributed by atoms with Crippen LogP contribution in [0.15, 0.2) is 12.7 Å². The summed E-state index contributed by atoms with van der Waals surface area (Å²) >= 11 is 0. The summed E-state index contributed by atoms with van der Waals surface area (Å²) in [6.07, 6.45) is 0.682. The second-order valence-electron chi connectivity index (χ2n) is 2.93. The molecule has 0 fully saturated rings. The van der Waals surface area contributed by atoms with Gasteiger partial charge in [-0.2, -0.15) is 0 Å². The number of carbonyl (C=O) groups is 2. The Bertz CT molecular complexity index is 214. The summed E-state index contributed by atoms with van der Waals surface area (Å²) in [5, 5.41) is 5.03. The van der Waals surface area contributed by atoms with Crippen molar-refractivity contribution in [2.45, 2.75) is 19.9 Å². The molecule has 14 heavy (non-hydrogen) atoms. The first-order valence-electron chi connectivity index (χ1n) is 4.39. The molecule has 0 aliphatic heterocycles. The van der Waals surface area contributed by atoms with E-state index in [-0.39, 0.29) is 25.1 Å². The molecule has 0 rings (SSSR count). The summed E-state index contributed by atoms with van der Waals surface area (Å²) in [6.45, 7) is 7.39. The van der Waals surface area contributed by atoms with Gasteiger partial charge in [0.25, 0.3) is 0 Å². The minimum atomic E-state index is -0.479. The highest BCUT2D eigenvalue weighted by Crippen LogP contribution is 1.81. The lowest BCUT2D eigenvalue weighted by Gasteiger charge is -2.09. The Kier molecular flexibility index (Phi) is 6.19. The summed E-state index contributed by atoms with van der Waals surface area (Å²) in [7, 11) is 0. The Morgan fingerprint density at radius 1 is 1.50 bits per heavy atom. The number of amides is 2. The van der Waals surface area contributed by atoms with Crippen LogP contribution in [0.1, 0.15) is 13.8 Å².